The third-order valence-electron chi connectivity index (χ3n) is 6.69. The zero-order chi connectivity index (χ0) is 17.6. The highest BCUT2D eigenvalue weighted by Gasteiger charge is 2.52. The molecule has 4 aliphatic carbocycles. The van der Waals surface area contributed by atoms with Gasteiger partial charge in [0.15, 0.2) is 0 Å². The first-order valence-corrected chi connectivity index (χ1v) is 9.77. The van der Waals surface area contributed by atoms with Crippen molar-refractivity contribution in [1.29, 1.82) is 0 Å². The fourth-order valence-corrected chi connectivity index (χ4v) is 6.06. The summed E-state index contributed by atoms with van der Waals surface area (Å²) < 4.78 is 1.60. The van der Waals surface area contributed by atoms with Crippen molar-refractivity contribution in [2.75, 3.05) is 0 Å². The lowest BCUT2D eigenvalue weighted by atomic mass is 9.53. The van der Waals surface area contributed by atoms with Gasteiger partial charge in [0.05, 0.1) is 0 Å². The minimum atomic E-state index is -0.402. The van der Waals surface area contributed by atoms with E-state index in [2.05, 4.69) is 33.0 Å². The third-order valence-corrected chi connectivity index (χ3v) is 6.69. The Morgan fingerprint density at radius 2 is 1.77 bits per heavy atom. The first-order valence-electron chi connectivity index (χ1n) is 9.77. The number of benzene rings is 1. The lowest BCUT2D eigenvalue weighted by Crippen LogP contribution is -2.60. The topological polar surface area (TPSA) is 72.7 Å². The molecule has 1 aromatic heterocycles. The van der Waals surface area contributed by atoms with Crippen molar-refractivity contribution in [1.82, 2.24) is 25.5 Å². The Kier molecular flexibility index (Phi) is 3.80. The van der Waals surface area contributed by atoms with E-state index in [-0.39, 0.29) is 11.4 Å². The number of nitrogens with one attached hydrogen (secondary N) is 1. The monoisotopic (exact) mass is 351 g/mol. The summed E-state index contributed by atoms with van der Waals surface area (Å²) in [6.07, 6.45) is 9.72. The van der Waals surface area contributed by atoms with Gasteiger partial charge in [-0.15, -0.1) is 5.10 Å². The summed E-state index contributed by atoms with van der Waals surface area (Å²) in [5.41, 5.74) is 1.13. The number of nitrogens with zero attached hydrogens (tertiary/aromatic N) is 4. The Labute approximate surface area is 153 Å². The van der Waals surface area contributed by atoms with Crippen molar-refractivity contribution < 1.29 is 4.79 Å². The summed E-state index contributed by atoms with van der Waals surface area (Å²) in [6, 6.07) is 9.70. The fraction of sp³-hybridized carbons (Fsp3) is 0.600. The number of hydrogen-bond donors (Lipinski definition) is 1. The van der Waals surface area contributed by atoms with Gasteiger partial charge in [-0.3, -0.25) is 4.79 Å². The summed E-state index contributed by atoms with van der Waals surface area (Å²) in [6.45, 7) is 0. The van der Waals surface area contributed by atoms with E-state index >= 15 is 0 Å². The molecule has 1 N–H and O–H groups in total. The molecule has 4 bridgehead atoms. The predicted molar refractivity (Wildman–Crippen MR) is 96.0 cm³/mol. The van der Waals surface area contributed by atoms with Crippen LogP contribution in [0.2, 0.25) is 0 Å². The molecule has 0 aliphatic heterocycles. The smallest absolute Gasteiger partial charge is 0.245 e. The van der Waals surface area contributed by atoms with Crippen LogP contribution in [0.5, 0.6) is 0 Å². The number of carbonyl (C=O) groups excluding carboxylic acids is 1. The Morgan fingerprint density at radius 3 is 2.35 bits per heavy atom. The van der Waals surface area contributed by atoms with Crippen LogP contribution in [-0.4, -0.2) is 31.7 Å². The maximum Gasteiger partial charge on any atom is 0.245 e. The molecule has 4 aliphatic rings. The van der Waals surface area contributed by atoms with Crippen molar-refractivity contribution in [3.8, 4) is 0 Å². The number of hydrogen-bond acceptors (Lipinski definition) is 4. The van der Waals surface area contributed by atoms with Gasteiger partial charge in [0.25, 0.3) is 0 Å². The molecule has 1 heterocycles. The van der Waals surface area contributed by atoms with Crippen LogP contribution in [-0.2, 0) is 11.2 Å². The molecule has 0 saturated heterocycles. The van der Waals surface area contributed by atoms with E-state index in [1.54, 1.807) is 11.0 Å². The fourth-order valence-electron chi connectivity index (χ4n) is 6.06. The molecule has 0 spiro atoms. The molecular weight excluding hydrogens is 326 g/mol. The highest BCUT2D eigenvalue weighted by molar-refractivity contribution is 5.81. The quantitative estimate of drug-likeness (QED) is 0.898. The van der Waals surface area contributed by atoms with Crippen LogP contribution < -0.4 is 5.32 Å². The summed E-state index contributed by atoms with van der Waals surface area (Å²) in [7, 11) is 0. The molecule has 2 aromatic rings. The SMILES string of the molecule is O=C(NC12CC3CC(CC(C3)C1)C2)[C@H](Cc1ccccc1)n1cnnn1. The number of amides is 1. The molecule has 0 unspecified atom stereocenters. The van der Waals surface area contributed by atoms with Crippen LogP contribution in [0.4, 0.5) is 0 Å². The minimum absolute atomic E-state index is 0.00871. The Hall–Kier alpha value is -2.24. The predicted octanol–water partition coefficient (Wildman–Crippen LogP) is 2.54. The standard InChI is InChI=1S/C20H25N5O/c26-19(22-20-10-15-6-16(11-20)8-17(7-15)12-20)18(25-13-21-23-24-25)9-14-4-2-1-3-5-14/h1-5,13,15-18H,6-12H2,(H,22,26)/t15?,16?,17?,18-,20?/m0/s1. The molecule has 136 valence electrons. The van der Waals surface area contributed by atoms with Crippen molar-refractivity contribution in [2.45, 2.75) is 56.5 Å². The zero-order valence-electron chi connectivity index (χ0n) is 14.9. The molecule has 1 amide bonds. The van der Waals surface area contributed by atoms with E-state index in [4.69, 9.17) is 0 Å². The Bertz CT molecular complexity index is 737. The zero-order valence-corrected chi connectivity index (χ0v) is 14.9. The van der Waals surface area contributed by atoms with Gasteiger partial charge in [0, 0.05) is 12.0 Å². The van der Waals surface area contributed by atoms with E-state index < -0.39 is 6.04 Å². The second kappa shape index (κ2) is 6.18. The molecule has 1 aromatic carbocycles. The van der Waals surface area contributed by atoms with Crippen molar-refractivity contribution in [3.63, 3.8) is 0 Å². The lowest BCUT2D eigenvalue weighted by molar-refractivity contribution is -0.130. The van der Waals surface area contributed by atoms with Gasteiger partial charge in [0.1, 0.15) is 12.4 Å². The van der Waals surface area contributed by atoms with Gasteiger partial charge >= 0.3 is 0 Å². The van der Waals surface area contributed by atoms with Gasteiger partial charge < -0.3 is 5.32 Å². The highest BCUT2D eigenvalue weighted by Crippen LogP contribution is 2.55. The van der Waals surface area contributed by atoms with E-state index in [0.717, 1.165) is 42.6 Å². The van der Waals surface area contributed by atoms with Gasteiger partial charge in [-0.2, -0.15) is 0 Å². The van der Waals surface area contributed by atoms with E-state index in [9.17, 15) is 4.79 Å². The van der Waals surface area contributed by atoms with Crippen molar-refractivity contribution in [3.05, 3.63) is 42.2 Å². The van der Waals surface area contributed by atoms with E-state index in [0.29, 0.717) is 6.42 Å². The molecule has 26 heavy (non-hydrogen) atoms. The molecule has 0 radical (unpaired) electrons. The van der Waals surface area contributed by atoms with Crippen molar-refractivity contribution in [2.24, 2.45) is 17.8 Å². The second-order valence-corrected chi connectivity index (χ2v) is 8.68. The maximum atomic E-state index is 13.3. The Balaban J connectivity index is 1.37. The first-order chi connectivity index (χ1) is 12.7. The minimum Gasteiger partial charge on any atom is -0.349 e. The van der Waals surface area contributed by atoms with Gasteiger partial charge in [0.2, 0.25) is 5.91 Å². The molecule has 4 saturated carbocycles. The molecule has 4 fully saturated rings. The van der Waals surface area contributed by atoms with Crippen LogP contribution in [0.25, 0.3) is 0 Å². The first kappa shape index (κ1) is 16.0. The van der Waals surface area contributed by atoms with Gasteiger partial charge in [-0.25, -0.2) is 4.68 Å². The second-order valence-electron chi connectivity index (χ2n) is 8.68. The summed E-state index contributed by atoms with van der Waals surface area (Å²) >= 11 is 0. The molecular formula is C20H25N5O. The van der Waals surface area contributed by atoms with Gasteiger partial charge in [-0.05, 0) is 72.3 Å². The number of aromatic nitrogens is 4. The average molecular weight is 351 g/mol. The highest BCUT2D eigenvalue weighted by atomic mass is 16.2. The summed E-state index contributed by atoms with van der Waals surface area (Å²) in [4.78, 5) is 13.3. The number of carbonyl (C=O) groups is 1. The maximum absolute atomic E-state index is 13.3. The average Bonchev–Trinajstić information content (AvgIpc) is 3.13. The largest absolute Gasteiger partial charge is 0.349 e. The third kappa shape index (κ3) is 2.91. The summed E-state index contributed by atoms with van der Waals surface area (Å²) in [5, 5.41) is 15.0. The number of rotatable bonds is 5. The lowest BCUT2D eigenvalue weighted by Gasteiger charge is -2.57. The molecule has 6 nitrogen and oxygen atoms in total. The van der Waals surface area contributed by atoms with Crippen LogP contribution in [0.1, 0.15) is 50.1 Å². The van der Waals surface area contributed by atoms with Crippen LogP contribution in [0, 0.1) is 17.8 Å². The Morgan fingerprint density at radius 1 is 1.12 bits per heavy atom. The number of tetrazole rings is 1. The van der Waals surface area contributed by atoms with Crippen LogP contribution >= 0.6 is 0 Å². The van der Waals surface area contributed by atoms with Gasteiger partial charge in [-0.1, -0.05) is 30.3 Å². The van der Waals surface area contributed by atoms with E-state index in [1.807, 2.05) is 18.2 Å². The molecule has 6 heteroatoms. The van der Waals surface area contributed by atoms with E-state index in [1.165, 1.54) is 19.3 Å². The van der Waals surface area contributed by atoms with Crippen LogP contribution in [0.15, 0.2) is 36.7 Å². The van der Waals surface area contributed by atoms with Crippen molar-refractivity contribution >= 4 is 5.91 Å². The summed E-state index contributed by atoms with van der Waals surface area (Å²) in [5.74, 6) is 2.48. The van der Waals surface area contributed by atoms with Crippen LogP contribution in [0.3, 0.4) is 0 Å². The molecule has 1 atom stereocenters. The normalized spacial score (nSPS) is 33.2. The molecule has 6 rings (SSSR count).